The smallest absolute Gasteiger partial charge is 0.239 e. The summed E-state index contributed by atoms with van der Waals surface area (Å²) in [6, 6.07) is 0. The normalized spacial score (nSPS) is 22.5. The molecular weight excluding hydrogens is 242 g/mol. The van der Waals surface area contributed by atoms with Crippen molar-refractivity contribution in [3.8, 4) is 0 Å². The van der Waals surface area contributed by atoms with Gasteiger partial charge in [-0.05, 0) is 51.6 Å². The highest BCUT2D eigenvalue weighted by Gasteiger charge is 2.49. The second-order valence-electron chi connectivity index (χ2n) is 6.12. The Bertz CT molecular complexity index is 316. The van der Waals surface area contributed by atoms with Gasteiger partial charge >= 0.3 is 0 Å². The first kappa shape index (κ1) is 14.8. The van der Waals surface area contributed by atoms with Crippen LogP contribution in [0.1, 0.15) is 25.7 Å². The number of nitrogens with one attached hydrogen (secondary N) is 1. The maximum atomic E-state index is 11.8. The maximum Gasteiger partial charge on any atom is 0.239 e. The summed E-state index contributed by atoms with van der Waals surface area (Å²) >= 11 is 0. The number of likely N-dealkylation sites (N-methyl/N-ethyl adjacent to an activating group) is 2. The Morgan fingerprint density at radius 2 is 2.11 bits per heavy atom. The third-order valence-electron chi connectivity index (χ3n) is 4.35. The van der Waals surface area contributed by atoms with Crippen molar-refractivity contribution in [2.45, 2.75) is 31.2 Å². The van der Waals surface area contributed by atoms with E-state index in [4.69, 9.17) is 10.5 Å². The Labute approximate surface area is 115 Å². The van der Waals surface area contributed by atoms with Crippen molar-refractivity contribution in [1.82, 2.24) is 10.2 Å². The van der Waals surface area contributed by atoms with Crippen LogP contribution in [0.15, 0.2) is 0 Å². The lowest BCUT2D eigenvalue weighted by Gasteiger charge is -2.34. The molecule has 5 nitrogen and oxygen atoms in total. The first-order chi connectivity index (χ1) is 9.08. The highest BCUT2D eigenvalue weighted by Crippen LogP contribution is 2.39. The monoisotopic (exact) mass is 269 g/mol. The molecule has 19 heavy (non-hydrogen) atoms. The molecular formula is C14H27N3O2. The molecule has 1 amide bonds. The lowest BCUT2D eigenvalue weighted by atomic mass is 9.91. The van der Waals surface area contributed by atoms with E-state index in [0.717, 1.165) is 38.5 Å². The molecule has 2 rings (SSSR count). The molecule has 0 aromatic heterocycles. The summed E-state index contributed by atoms with van der Waals surface area (Å²) in [7, 11) is 3.86. The molecule has 2 fully saturated rings. The number of primary amides is 1. The van der Waals surface area contributed by atoms with Gasteiger partial charge in [0, 0.05) is 19.7 Å². The number of hydrogen-bond acceptors (Lipinski definition) is 4. The molecule has 3 N–H and O–H groups in total. The third-order valence-corrected chi connectivity index (χ3v) is 4.35. The minimum Gasteiger partial charge on any atom is -0.380 e. The number of nitrogens with two attached hydrogens (primary N) is 1. The molecule has 0 bridgehead atoms. The molecule has 1 atom stereocenters. The first-order valence-electron chi connectivity index (χ1n) is 7.33. The standard InChI is InChI=1S/C14H27N3O2/c1-16-14(13(15)18,12-5-6-12)10-17(2)7-8-19-9-11-3-4-11/h11-12,16H,3-10H2,1-2H3,(H2,15,18). The molecule has 2 aliphatic carbocycles. The number of nitrogens with zero attached hydrogens (tertiary/aromatic N) is 1. The Balaban J connectivity index is 1.73. The topological polar surface area (TPSA) is 67.6 Å². The first-order valence-corrected chi connectivity index (χ1v) is 7.33. The van der Waals surface area contributed by atoms with Crippen LogP contribution < -0.4 is 11.1 Å². The molecule has 0 spiro atoms. The van der Waals surface area contributed by atoms with E-state index < -0.39 is 5.54 Å². The van der Waals surface area contributed by atoms with Gasteiger partial charge in [0.2, 0.25) is 5.91 Å². The second kappa shape index (κ2) is 6.20. The van der Waals surface area contributed by atoms with Crippen LogP contribution in [0.2, 0.25) is 0 Å². The van der Waals surface area contributed by atoms with Crippen molar-refractivity contribution in [2.75, 3.05) is 40.4 Å². The van der Waals surface area contributed by atoms with Crippen LogP contribution in [0.5, 0.6) is 0 Å². The molecule has 5 heteroatoms. The summed E-state index contributed by atoms with van der Waals surface area (Å²) in [5.41, 5.74) is 5.05. The largest absolute Gasteiger partial charge is 0.380 e. The van der Waals surface area contributed by atoms with Crippen LogP contribution >= 0.6 is 0 Å². The lowest BCUT2D eigenvalue weighted by Crippen LogP contribution is -2.61. The average Bonchev–Trinajstić information content (AvgIpc) is 3.24. The molecule has 0 saturated heterocycles. The predicted molar refractivity (Wildman–Crippen MR) is 74.7 cm³/mol. The molecule has 2 aliphatic rings. The van der Waals surface area contributed by atoms with E-state index in [-0.39, 0.29) is 5.91 Å². The second-order valence-corrected chi connectivity index (χ2v) is 6.12. The van der Waals surface area contributed by atoms with Crippen LogP contribution in [-0.2, 0) is 9.53 Å². The predicted octanol–water partition coefficient (Wildman–Crippen LogP) is 0.198. The SMILES string of the molecule is CNC(CN(C)CCOCC1CC1)(C(N)=O)C1CC1. The van der Waals surface area contributed by atoms with Crippen molar-refractivity contribution in [2.24, 2.45) is 17.6 Å². The van der Waals surface area contributed by atoms with E-state index in [1.807, 2.05) is 14.1 Å². The molecule has 2 saturated carbocycles. The van der Waals surface area contributed by atoms with Crippen LogP contribution in [0.25, 0.3) is 0 Å². The summed E-state index contributed by atoms with van der Waals surface area (Å²) in [6.45, 7) is 3.13. The van der Waals surface area contributed by atoms with Gasteiger partial charge in [-0.1, -0.05) is 0 Å². The summed E-state index contributed by atoms with van der Waals surface area (Å²) < 4.78 is 5.63. The van der Waals surface area contributed by atoms with Gasteiger partial charge < -0.3 is 20.7 Å². The number of amides is 1. The molecule has 0 aromatic carbocycles. The van der Waals surface area contributed by atoms with E-state index in [2.05, 4.69) is 10.2 Å². The Morgan fingerprint density at radius 1 is 1.42 bits per heavy atom. The van der Waals surface area contributed by atoms with Crippen LogP contribution in [0.4, 0.5) is 0 Å². The van der Waals surface area contributed by atoms with Gasteiger partial charge in [-0.15, -0.1) is 0 Å². The zero-order chi connectivity index (χ0) is 13.9. The Morgan fingerprint density at radius 3 is 2.58 bits per heavy atom. The Hall–Kier alpha value is -0.650. The Kier molecular flexibility index (Phi) is 4.81. The molecule has 0 aliphatic heterocycles. The van der Waals surface area contributed by atoms with Crippen molar-refractivity contribution in [3.05, 3.63) is 0 Å². The maximum absolute atomic E-state index is 11.8. The summed E-state index contributed by atoms with van der Waals surface area (Å²) in [6.07, 6.45) is 4.83. The molecule has 110 valence electrons. The number of hydrogen-bond donors (Lipinski definition) is 2. The molecule has 0 heterocycles. The highest BCUT2D eigenvalue weighted by molar-refractivity contribution is 5.85. The zero-order valence-electron chi connectivity index (χ0n) is 12.2. The van der Waals surface area contributed by atoms with Crippen molar-refractivity contribution >= 4 is 5.91 Å². The fourth-order valence-electron chi connectivity index (χ4n) is 2.65. The third kappa shape index (κ3) is 3.91. The summed E-state index contributed by atoms with van der Waals surface area (Å²) in [4.78, 5) is 13.9. The number of carbonyl (C=O) groups excluding carboxylic acids is 1. The quantitative estimate of drug-likeness (QED) is 0.556. The minimum atomic E-state index is -0.564. The summed E-state index contributed by atoms with van der Waals surface area (Å²) in [5.74, 6) is 0.965. The highest BCUT2D eigenvalue weighted by atomic mass is 16.5. The van der Waals surface area contributed by atoms with Crippen LogP contribution in [-0.4, -0.2) is 56.7 Å². The van der Waals surface area contributed by atoms with Crippen molar-refractivity contribution < 1.29 is 9.53 Å². The van der Waals surface area contributed by atoms with E-state index in [1.54, 1.807) is 0 Å². The molecule has 0 aromatic rings. The van der Waals surface area contributed by atoms with E-state index >= 15 is 0 Å². The van der Waals surface area contributed by atoms with E-state index in [0.29, 0.717) is 12.5 Å². The van der Waals surface area contributed by atoms with Gasteiger partial charge in [0.1, 0.15) is 5.54 Å². The molecule has 1 unspecified atom stereocenters. The van der Waals surface area contributed by atoms with Gasteiger partial charge in [0.15, 0.2) is 0 Å². The van der Waals surface area contributed by atoms with Crippen molar-refractivity contribution in [3.63, 3.8) is 0 Å². The summed E-state index contributed by atoms with van der Waals surface area (Å²) in [5, 5.41) is 3.17. The van der Waals surface area contributed by atoms with Gasteiger partial charge in [0.25, 0.3) is 0 Å². The number of rotatable bonds is 10. The van der Waals surface area contributed by atoms with Crippen LogP contribution in [0.3, 0.4) is 0 Å². The van der Waals surface area contributed by atoms with Crippen molar-refractivity contribution in [1.29, 1.82) is 0 Å². The zero-order valence-corrected chi connectivity index (χ0v) is 12.2. The van der Waals surface area contributed by atoms with Gasteiger partial charge in [-0.25, -0.2) is 0 Å². The fourth-order valence-corrected chi connectivity index (χ4v) is 2.65. The fraction of sp³-hybridized carbons (Fsp3) is 0.929. The molecule has 0 radical (unpaired) electrons. The lowest BCUT2D eigenvalue weighted by molar-refractivity contribution is -0.126. The number of carbonyl (C=O) groups is 1. The van der Waals surface area contributed by atoms with Gasteiger partial charge in [-0.3, -0.25) is 4.79 Å². The van der Waals surface area contributed by atoms with E-state index in [9.17, 15) is 4.79 Å². The van der Waals surface area contributed by atoms with Crippen LogP contribution in [0, 0.1) is 11.8 Å². The van der Waals surface area contributed by atoms with Gasteiger partial charge in [0.05, 0.1) is 6.61 Å². The van der Waals surface area contributed by atoms with Gasteiger partial charge in [-0.2, -0.15) is 0 Å². The average molecular weight is 269 g/mol. The van der Waals surface area contributed by atoms with E-state index in [1.165, 1.54) is 12.8 Å². The minimum absolute atomic E-state index is 0.233. The number of ether oxygens (including phenoxy) is 1.